The Morgan fingerprint density at radius 2 is 1.75 bits per heavy atom. The van der Waals surface area contributed by atoms with E-state index in [9.17, 15) is 17.6 Å². The number of carbonyl (C=O) groups is 1. The number of thioether (sulfide) groups is 1. The molecule has 0 fully saturated rings. The second-order valence-corrected chi connectivity index (χ2v) is 7.55. The topological polar surface area (TPSA) is 75.3 Å². The highest BCUT2D eigenvalue weighted by Gasteiger charge is 2.22. The number of amides is 1. The lowest BCUT2D eigenvalue weighted by atomic mass is 10.3. The highest BCUT2D eigenvalue weighted by molar-refractivity contribution is 7.98. The molecular formula is C16H17FN2O3S2. The third kappa shape index (κ3) is 4.56. The lowest BCUT2D eigenvalue weighted by molar-refractivity contribution is -0.117. The lowest BCUT2D eigenvalue weighted by Gasteiger charge is -2.15. The van der Waals surface area contributed by atoms with Crippen LogP contribution in [0.5, 0.6) is 0 Å². The highest BCUT2D eigenvalue weighted by atomic mass is 32.2. The average molecular weight is 368 g/mol. The van der Waals surface area contributed by atoms with Gasteiger partial charge in [-0.3, -0.25) is 4.79 Å². The molecular weight excluding hydrogens is 351 g/mol. The zero-order chi connectivity index (χ0) is 17.7. The predicted molar refractivity (Wildman–Crippen MR) is 93.0 cm³/mol. The number of halogens is 1. The number of carbonyl (C=O) groups excluding carboxylic acids is 1. The largest absolute Gasteiger partial charge is 0.324 e. The van der Waals surface area contributed by atoms with E-state index < -0.39 is 27.8 Å². The summed E-state index contributed by atoms with van der Waals surface area (Å²) in [6, 6.07) is 10.6. The molecule has 0 saturated heterocycles. The van der Waals surface area contributed by atoms with Gasteiger partial charge in [0.05, 0.1) is 16.6 Å². The van der Waals surface area contributed by atoms with Gasteiger partial charge in [0.2, 0.25) is 15.9 Å². The molecule has 5 nitrogen and oxygen atoms in total. The molecule has 0 heterocycles. The Kier molecular flexibility index (Phi) is 5.98. The molecule has 2 aromatic rings. The summed E-state index contributed by atoms with van der Waals surface area (Å²) in [7, 11) is -3.91. The fraction of sp³-hybridized carbons (Fsp3) is 0.188. The number of anilines is 1. The first-order chi connectivity index (χ1) is 11.3. The van der Waals surface area contributed by atoms with Crippen LogP contribution in [0.2, 0.25) is 0 Å². The van der Waals surface area contributed by atoms with E-state index >= 15 is 0 Å². The maximum absolute atomic E-state index is 12.9. The van der Waals surface area contributed by atoms with Gasteiger partial charge in [-0.25, -0.2) is 12.8 Å². The van der Waals surface area contributed by atoms with E-state index in [0.29, 0.717) is 5.69 Å². The van der Waals surface area contributed by atoms with Crippen LogP contribution in [0, 0.1) is 5.82 Å². The Morgan fingerprint density at radius 1 is 1.12 bits per heavy atom. The van der Waals surface area contributed by atoms with Crippen molar-refractivity contribution in [2.24, 2.45) is 0 Å². The Balaban J connectivity index is 2.09. The van der Waals surface area contributed by atoms with Crippen molar-refractivity contribution in [3.63, 3.8) is 0 Å². The van der Waals surface area contributed by atoms with E-state index in [0.717, 1.165) is 29.2 Å². The first-order valence-corrected chi connectivity index (χ1v) is 9.76. The number of benzene rings is 2. The van der Waals surface area contributed by atoms with Crippen LogP contribution in [0.15, 0.2) is 58.3 Å². The fourth-order valence-corrected chi connectivity index (χ4v) is 3.71. The molecule has 2 N–H and O–H groups in total. The standard InChI is InChI=1S/C16H17FN2O3S2/c1-11(16(20)18-14-5-3-4-6-15(14)23-2)19-24(21,22)13-9-7-12(17)8-10-13/h3-11,19H,1-2H3,(H,18,20). The monoisotopic (exact) mass is 368 g/mol. The maximum Gasteiger partial charge on any atom is 0.242 e. The number of para-hydroxylation sites is 1. The number of nitrogens with one attached hydrogen (secondary N) is 2. The van der Waals surface area contributed by atoms with Crippen LogP contribution in [0.4, 0.5) is 10.1 Å². The summed E-state index contributed by atoms with van der Waals surface area (Å²) >= 11 is 1.47. The first-order valence-electron chi connectivity index (χ1n) is 7.05. The van der Waals surface area contributed by atoms with Gasteiger partial charge in [0, 0.05) is 4.90 Å². The summed E-state index contributed by atoms with van der Waals surface area (Å²) in [5.74, 6) is -1.02. The second kappa shape index (κ2) is 7.78. The number of hydrogen-bond acceptors (Lipinski definition) is 4. The molecule has 1 atom stereocenters. The molecule has 0 radical (unpaired) electrons. The Labute approximate surface area is 144 Å². The predicted octanol–water partition coefficient (Wildman–Crippen LogP) is 2.85. The van der Waals surface area contributed by atoms with Gasteiger partial charge in [-0.2, -0.15) is 4.72 Å². The average Bonchev–Trinajstić information content (AvgIpc) is 2.55. The van der Waals surface area contributed by atoms with Crippen LogP contribution in [-0.4, -0.2) is 26.6 Å². The Hall–Kier alpha value is -1.90. The van der Waals surface area contributed by atoms with Crippen molar-refractivity contribution in [3.05, 3.63) is 54.3 Å². The minimum absolute atomic E-state index is 0.104. The van der Waals surface area contributed by atoms with Gasteiger partial charge >= 0.3 is 0 Å². The minimum Gasteiger partial charge on any atom is -0.324 e. The van der Waals surface area contributed by atoms with E-state index in [2.05, 4.69) is 10.0 Å². The smallest absolute Gasteiger partial charge is 0.242 e. The molecule has 0 aliphatic carbocycles. The summed E-state index contributed by atoms with van der Waals surface area (Å²) in [5, 5.41) is 2.70. The van der Waals surface area contributed by atoms with Gasteiger partial charge in [0.15, 0.2) is 0 Å². The van der Waals surface area contributed by atoms with Crippen molar-refractivity contribution in [3.8, 4) is 0 Å². The van der Waals surface area contributed by atoms with Crippen LogP contribution in [-0.2, 0) is 14.8 Å². The lowest BCUT2D eigenvalue weighted by Crippen LogP contribution is -2.41. The van der Waals surface area contributed by atoms with Crippen molar-refractivity contribution < 1.29 is 17.6 Å². The van der Waals surface area contributed by atoms with Crippen LogP contribution >= 0.6 is 11.8 Å². The van der Waals surface area contributed by atoms with Gasteiger partial charge in [-0.1, -0.05) is 12.1 Å². The SMILES string of the molecule is CSc1ccccc1NC(=O)C(C)NS(=O)(=O)c1ccc(F)cc1. The van der Waals surface area contributed by atoms with Crippen LogP contribution in [0.25, 0.3) is 0 Å². The molecule has 0 aliphatic heterocycles. The van der Waals surface area contributed by atoms with Crippen molar-refractivity contribution in [1.82, 2.24) is 4.72 Å². The highest BCUT2D eigenvalue weighted by Crippen LogP contribution is 2.24. The van der Waals surface area contributed by atoms with Crippen molar-refractivity contribution in [2.75, 3.05) is 11.6 Å². The molecule has 128 valence electrons. The first kappa shape index (κ1) is 18.4. The molecule has 1 unspecified atom stereocenters. The zero-order valence-corrected chi connectivity index (χ0v) is 14.7. The molecule has 0 spiro atoms. The molecule has 0 aromatic heterocycles. The normalized spacial score (nSPS) is 12.6. The third-order valence-electron chi connectivity index (χ3n) is 3.21. The summed E-state index contributed by atoms with van der Waals surface area (Å²) in [6.07, 6.45) is 1.88. The van der Waals surface area contributed by atoms with Crippen LogP contribution in [0.3, 0.4) is 0 Å². The number of sulfonamides is 1. The molecule has 1 amide bonds. The molecule has 0 saturated carbocycles. The van der Waals surface area contributed by atoms with Crippen molar-refractivity contribution in [2.45, 2.75) is 22.8 Å². The fourth-order valence-electron chi connectivity index (χ4n) is 1.96. The molecule has 8 heteroatoms. The summed E-state index contributed by atoms with van der Waals surface area (Å²) in [6.45, 7) is 1.44. The van der Waals surface area contributed by atoms with Gasteiger partial charge in [0.25, 0.3) is 0 Å². The third-order valence-corrected chi connectivity index (χ3v) is 5.57. The molecule has 24 heavy (non-hydrogen) atoms. The maximum atomic E-state index is 12.9. The molecule has 0 aliphatic rings. The van der Waals surface area contributed by atoms with Crippen LogP contribution in [0.1, 0.15) is 6.92 Å². The Bertz CT molecular complexity index is 823. The summed E-state index contributed by atoms with van der Waals surface area (Å²) < 4.78 is 39.6. The quantitative estimate of drug-likeness (QED) is 0.769. The van der Waals surface area contributed by atoms with Crippen LogP contribution < -0.4 is 10.0 Å². The molecule has 0 bridgehead atoms. The van der Waals surface area contributed by atoms with E-state index in [1.807, 2.05) is 18.4 Å². The van der Waals surface area contributed by atoms with Gasteiger partial charge in [-0.15, -0.1) is 11.8 Å². The number of rotatable bonds is 6. The summed E-state index contributed by atoms with van der Waals surface area (Å²) in [4.78, 5) is 13.0. The van der Waals surface area contributed by atoms with E-state index in [-0.39, 0.29) is 4.90 Å². The molecule has 2 rings (SSSR count). The van der Waals surface area contributed by atoms with E-state index in [4.69, 9.17) is 0 Å². The van der Waals surface area contributed by atoms with E-state index in [1.165, 1.54) is 18.7 Å². The number of hydrogen-bond donors (Lipinski definition) is 2. The van der Waals surface area contributed by atoms with Gasteiger partial charge < -0.3 is 5.32 Å². The second-order valence-electron chi connectivity index (χ2n) is 4.99. The molecule has 2 aromatic carbocycles. The Morgan fingerprint density at radius 3 is 2.38 bits per heavy atom. The van der Waals surface area contributed by atoms with Gasteiger partial charge in [0.1, 0.15) is 5.82 Å². The summed E-state index contributed by atoms with van der Waals surface area (Å²) in [5.41, 5.74) is 0.614. The van der Waals surface area contributed by atoms with Gasteiger partial charge in [-0.05, 0) is 49.6 Å². The van der Waals surface area contributed by atoms with E-state index in [1.54, 1.807) is 12.1 Å². The zero-order valence-electron chi connectivity index (χ0n) is 13.1. The minimum atomic E-state index is -3.91. The van der Waals surface area contributed by atoms with Crippen molar-refractivity contribution >= 4 is 33.4 Å². The van der Waals surface area contributed by atoms with Crippen molar-refractivity contribution in [1.29, 1.82) is 0 Å².